The summed E-state index contributed by atoms with van der Waals surface area (Å²) in [5.74, 6) is 0.136. The van der Waals surface area contributed by atoms with Gasteiger partial charge in [-0.1, -0.05) is 19.9 Å². The quantitative estimate of drug-likeness (QED) is 0.634. The predicted octanol–water partition coefficient (Wildman–Crippen LogP) is 4.41. The Morgan fingerprint density at radius 2 is 1.97 bits per heavy atom. The molecule has 0 radical (unpaired) electrons. The number of fused-ring (bicyclic) bond motifs is 1. The summed E-state index contributed by atoms with van der Waals surface area (Å²) in [5, 5.41) is 24.4. The van der Waals surface area contributed by atoms with Gasteiger partial charge in [0.25, 0.3) is 0 Å². The van der Waals surface area contributed by atoms with E-state index in [1.165, 1.54) is 17.3 Å². The maximum atomic E-state index is 10.7. The zero-order valence-corrected chi connectivity index (χ0v) is 18.3. The Kier molecular flexibility index (Phi) is 6.33. The van der Waals surface area contributed by atoms with E-state index >= 15 is 0 Å². The molecule has 154 valence electrons. The van der Waals surface area contributed by atoms with E-state index < -0.39 is 0 Å². The summed E-state index contributed by atoms with van der Waals surface area (Å²) in [6.45, 7) is 5.04. The van der Waals surface area contributed by atoms with E-state index in [1.54, 1.807) is 7.05 Å². The molecule has 0 aromatic heterocycles. The van der Waals surface area contributed by atoms with Crippen molar-refractivity contribution in [3.8, 4) is 11.5 Å². The fourth-order valence-electron chi connectivity index (χ4n) is 3.80. The SMILES string of the molecule is CCC=C(c1cc(CC)c(O)cc1O)N(C(=S)NC)c1ccc2c(c1)CCN2C. The molecule has 0 saturated heterocycles. The lowest BCUT2D eigenvalue weighted by atomic mass is 10.0. The molecular weight excluding hydrogens is 382 g/mol. The van der Waals surface area contributed by atoms with Crippen LogP contribution in [0, 0.1) is 0 Å². The van der Waals surface area contributed by atoms with Crippen LogP contribution in [0.1, 0.15) is 37.0 Å². The van der Waals surface area contributed by atoms with Crippen molar-refractivity contribution in [2.75, 3.05) is 30.4 Å². The number of hydrogen-bond donors (Lipinski definition) is 3. The first-order chi connectivity index (χ1) is 13.9. The molecule has 0 bridgehead atoms. The number of nitrogens with zero attached hydrogens (tertiary/aromatic N) is 2. The summed E-state index contributed by atoms with van der Waals surface area (Å²) in [6.07, 6.45) is 4.49. The summed E-state index contributed by atoms with van der Waals surface area (Å²) in [4.78, 5) is 4.21. The second-order valence-electron chi connectivity index (χ2n) is 7.22. The maximum Gasteiger partial charge on any atom is 0.177 e. The highest BCUT2D eigenvalue weighted by atomic mass is 32.1. The largest absolute Gasteiger partial charge is 0.508 e. The van der Waals surface area contributed by atoms with Gasteiger partial charge in [0, 0.05) is 43.6 Å². The third kappa shape index (κ3) is 4.03. The van der Waals surface area contributed by atoms with Gasteiger partial charge in [-0.05, 0) is 66.9 Å². The van der Waals surface area contributed by atoms with Gasteiger partial charge in [-0.3, -0.25) is 4.90 Å². The van der Waals surface area contributed by atoms with E-state index in [-0.39, 0.29) is 11.5 Å². The van der Waals surface area contributed by atoms with Gasteiger partial charge >= 0.3 is 0 Å². The zero-order valence-electron chi connectivity index (χ0n) is 17.5. The molecular formula is C23H29N3O2S. The molecule has 6 heteroatoms. The van der Waals surface area contributed by atoms with E-state index in [2.05, 4.69) is 48.5 Å². The van der Waals surface area contributed by atoms with E-state index in [0.29, 0.717) is 17.1 Å². The number of allylic oxidation sites excluding steroid dienone is 1. The third-order valence-corrected chi connectivity index (χ3v) is 5.74. The van der Waals surface area contributed by atoms with Crippen molar-refractivity contribution in [2.45, 2.75) is 33.1 Å². The van der Waals surface area contributed by atoms with Crippen molar-refractivity contribution >= 4 is 34.4 Å². The molecule has 0 spiro atoms. The molecule has 1 heterocycles. The number of phenolic OH excluding ortho intramolecular Hbond substituents is 2. The monoisotopic (exact) mass is 411 g/mol. The first-order valence-electron chi connectivity index (χ1n) is 10.0. The fourth-order valence-corrected chi connectivity index (χ4v) is 4.00. The van der Waals surface area contributed by atoms with Gasteiger partial charge in [0.2, 0.25) is 0 Å². The number of benzene rings is 2. The van der Waals surface area contributed by atoms with E-state index in [1.807, 2.05) is 17.9 Å². The zero-order chi connectivity index (χ0) is 21.1. The highest BCUT2D eigenvalue weighted by Gasteiger charge is 2.24. The van der Waals surface area contributed by atoms with Gasteiger partial charge < -0.3 is 20.4 Å². The van der Waals surface area contributed by atoms with Crippen LogP contribution in [0.15, 0.2) is 36.4 Å². The molecule has 0 unspecified atom stereocenters. The third-order valence-electron chi connectivity index (χ3n) is 5.36. The number of likely N-dealkylation sites (N-methyl/N-ethyl adjacent to an activating group) is 1. The fraction of sp³-hybridized carbons (Fsp3) is 0.348. The van der Waals surface area contributed by atoms with Crippen LogP contribution < -0.4 is 15.1 Å². The topological polar surface area (TPSA) is 59.0 Å². The highest BCUT2D eigenvalue weighted by molar-refractivity contribution is 7.80. The van der Waals surface area contributed by atoms with Crippen LogP contribution in [-0.4, -0.2) is 36.0 Å². The maximum absolute atomic E-state index is 10.7. The molecule has 2 aromatic carbocycles. The molecule has 3 N–H and O–H groups in total. The van der Waals surface area contributed by atoms with Crippen LogP contribution in [0.2, 0.25) is 0 Å². The first kappa shape index (κ1) is 21.0. The average molecular weight is 412 g/mol. The van der Waals surface area contributed by atoms with Crippen LogP contribution in [0.3, 0.4) is 0 Å². The van der Waals surface area contributed by atoms with Crippen LogP contribution in [0.25, 0.3) is 5.70 Å². The lowest BCUT2D eigenvalue weighted by Gasteiger charge is -2.29. The summed E-state index contributed by atoms with van der Waals surface area (Å²) in [5.41, 5.74) is 5.70. The molecule has 29 heavy (non-hydrogen) atoms. The molecule has 0 fully saturated rings. The average Bonchev–Trinajstić information content (AvgIpc) is 3.08. The Morgan fingerprint density at radius 3 is 2.62 bits per heavy atom. The van der Waals surface area contributed by atoms with Gasteiger partial charge in [0.05, 0.1) is 5.70 Å². The second kappa shape index (κ2) is 8.74. The van der Waals surface area contributed by atoms with Crippen molar-refractivity contribution < 1.29 is 10.2 Å². The number of hydrogen-bond acceptors (Lipinski definition) is 4. The number of rotatable bonds is 5. The minimum atomic E-state index is 0.0317. The van der Waals surface area contributed by atoms with E-state index in [4.69, 9.17) is 12.2 Å². The van der Waals surface area contributed by atoms with Crippen molar-refractivity contribution in [1.29, 1.82) is 0 Å². The molecule has 2 aromatic rings. The van der Waals surface area contributed by atoms with E-state index in [0.717, 1.165) is 36.3 Å². The number of aromatic hydroxyl groups is 2. The minimum absolute atomic E-state index is 0.0317. The standard InChI is InChI=1S/C23H29N3O2S/c1-5-7-20(18-13-15(6-2)21(27)14-22(18)28)26(23(29)24-3)17-8-9-19-16(12-17)10-11-25(19)4/h7-9,12-14,27-28H,5-6,10-11H2,1-4H3,(H,24,29). The van der Waals surface area contributed by atoms with Crippen LogP contribution >= 0.6 is 12.2 Å². The van der Waals surface area contributed by atoms with Gasteiger partial charge in [-0.25, -0.2) is 0 Å². The first-order valence-corrected chi connectivity index (χ1v) is 10.4. The number of aryl methyl sites for hydroxylation is 1. The van der Waals surface area contributed by atoms with Crippen LogP contribution in [0.4, 0.5) is 11.4 Å². The summed E-state index contributed by atoms with van der Waals surface area (Å²) >= 11 is 5.66. The number of anilines is 2. The van der Waals surface area contributed by atoms with Gasteiger partial charge in [-0.15, -0.1) is 0 Å². The molecule has 0 aliphatic carbocycles. The predicted molar refractivity (Wildman–Crippen MR) is 125 cm³/mol. The van der Waals surface area contributed by atoms with Crippen LogP contribution in [0.5, 0.6) is 11.5 Å². The lowest BCUT2D eigenvalue weighted by molar-refractivity contribution is 0.445. The Labute approximate surface area is 178 Å². The number of phenols is 2. The Bertz CT molecular complexity index is 955. The lowest BCUT2D eigenvalue weighted by Crippen LogP contribution is -2.36. The smallest absolute Gasteiger partial charge is 0.177 e. The van der Waals surface area contributed by atoms with Crippen molar-refractivity contribution in [2.24, 2.45) is 0 Å². The minimum Gasteiger partial charge on any atom is -0.508 e. The molecule has 1 aliphatic rings. The van der Waals surface area contributed by atoms with Crippen LogP contribution in [-0.2, 0) is 12.8 Å². The van der Waals surface area contributed by atoms with E-state index in [9.17, 15) is 10.2 Å². The molecule has 0 amide bonds. The number of nitrogens with one attached hydrogen (secondary N) is 1. The molecule has 1 aliphatic heterocycles. The Balaban J connectivity index is 2.16. The molecule has 0 saturated carbocycles. The van der Waals surface area contributed by atoms with Crippen molar-refractivity contribution in [1.82, 2.24) is 5.32 Å². The molecule has 3 rings (SSSR count). The van der Waals surface area contributed by atoms with Crippen molar-refractivity contribution in [3.63, 3.8) is 0 Å². The molecule has 5 nitrogen and oxygen atoms in total. The Morgan fingerprint density at radius 1 is 1.21 bits per heavy atom. The summed E-state index contributed by atoms with van der Waals surface area (Å²) < 4.78 is 0. The normalized spacial score (nSPS) is 13.4. The second-order valence-corrected chi connectivity index (χ2v) is 7.61. The summed E-state index contributed by atoms with van der Waals surface area (Å²) in [7, 11) is 3.90. The number of thiocarbonyl (C=S) groups is 1. The molecule has 0 atom stereocenters. The summed E-state index contributed by atoms with van der Waals surface area (Å²) in [6, 6.07) is 9.62. The van der Waals surface area contributed by atoms with Gasteiger partial charge in [-0.2, -0.15) is 0 Å². The van der Waals surface area contributed by atoms with Gasteiger partial charge in [0.1, 0.15) is 11.5 Å². The highest BCUT2D eigenvalue weighted by Crippen LogP contribution is 2.38. The Hall–Kier alpha value is -2.73. The van der Waals surface area contributed by atoms with Gasteiger partial charge in [0.15, 0.2) is 5.11 Å². The van der Waals surface area contributed by atoms with Crippen molar-refractivity contribution in [3.05, 3.63) is 53.1 Å².